The van der Waals surface area contributed by atoms with E-state index in [9.17, 15) is 9.59 Å². The van der Waals surface area contributed by atoms with Crippen molar-refractivity contribution in [2.24, 2.45) is 5.92 Å². The molecule has 1 atom stereocenters. The van der Waals surface area contributed by atoms with Crippen LogP contribution in [0.4, 0.5) is 0 Å². The first-order valence-electron chi connectivity index (χ1n) is 9.51. The maximum Gasteiger partial charge on any atom is 0.305 e. The van der Waals surface area contributed by atoms with Gasteiger partial charge in [-0.3, -0.25) is 9.69 Å². The monoisotopic (exact) mass is 376 g/mol. The van der Waals surface area contributed by atoms with E-state index in [2.05, 4.69) is 11.0 Å². The highest BCUT2D eigenvalue weighted by atomic mass is 16.5. The summed E-state index contributed by atoms with van der Waals surface area (Å²) in [5.74, 6) is 0.165. The fraction of sp³-hybridized carbons (Fsp3) is 0.348. The topological polar surface area (TPSA) is 70.4 Å². The summed E-state index contributed by atoms with van der Waals surface area (Å²) in [7, 11) is 1.42. The van der Waals surface area contributed by atoms with Gasteiger partial charge in [0.1, 0.15) is 6.29 Å². The van der Waals surface area contributed by atoms with E-state index < -0.39 is 0 Å². The molecule has 0 N–H and O–H groups in total. The second-order valence-corrected chi connectivity index (χ2v) is 7.15. The Kier molecular flexibility index (Phi) is 6.57. The molecule has 2 aromatic rings. The minimum atomic E-state index is -0.269. The van der Waals surface area contributed by atoms with Gasteiger partial charge in [0.2, 0.25) is 0 Å². The summed E-state index contributed by atoms with van der Waals surface area (Å²) >= 11 is 0. The summed E-state index contributed by atoms with van der Waals surface area (Å²) in [4.78, 5) is 25.4. The standard InChI is InChI=1S/C23H24N2O3/c1-28-23(27)14-17-10-12-25(13-11-17)22(16-26)21-8-6-20(7-9-21)19-4-2-18(15-24)3-5-19/h2-9,16-17,22H,10-14H2,1H3. The molecule has 0 spiro atoms. The average molecular weight is 376 g/mol. The second-order valence-electron chi connectivity index (χ2n) is 7.15. The first-order valence-corrected chi connectivity index (χ1v) is 9.51. The number of carbonyl (C=O) groups is 2. The van der Waals surface area contributed by atoms with Gasteiger partial charge in [0.25, 0.3) is 0 Å². The van der Waals surface area contributed by atoms with Crippen LogP contribution in [0.5, 0.6) is 0 Å². The van der Waals surface area contributed by atoms with Crippen molar-refractivity contribution in [3.05, 3.63) is 59.7 Å². The number of likely N-dealkylation sites (tertiary alicyclic amines) is 1. The molecule has 1 unspecified atom stereocenters. The van der Waals surface area contributed by atoms with Crippen LogP contribution in [0.15, 0.2) is 48.5 Å². The lowest BCUT2D eigenvalue weighted by molar-refractivity contribution is -0.142. The van der Waals surface area contributed by atoms with E-state index in [0.717, 1.165) is 48.9 Å². The maximum absolute atomic E-state index is 11.8. The van der Waals surface area contributed by atoms with E-state index in [4.69, 9.17) is 10.00 Å². The lowest BCUT2D eigenvalue weighted by atomic mass is 9.91. The molecular formula is C23H24N2O3. The number of piperidine rings is 1. The molecular weight excluding hydrogens is 352 g/mol. The van der Waals surface area contributed by atoms with Crippen molar-refractivity contribution in [2.45, 2.75) is 25.3 Å². The summed E-state index contributed by atoms with van der Waals surface area (Å²) in [6.07, 6.45) is 3.23. The number of esters is 1. The van der Waals surface area contributed by atoms with E-state index in [1.807, 2.05) is 36.4 Å². The molecule has 1 aliphatic rings. The second kappa shape index (κ2) is 9.29. The van der Waals surface area contributed by atoms with Gasteiger partial charge in [-0.15, -0.1) is 0 Å². The third-order valence-electron chi connectivity index (χ3n) is 5.45. The van der Waals surface area contributed by atoms with Crippen molar-refractivity contribution in [3.63, 3.8) is 0 Å². The minimum absolute atomic E-state index is 0.163. The Morgan fingerprint density at radius 1 is 1.14 bits per heavy atom. The van der Waals surface area contributed by atoms with Gasteiger partial charge in [-0.25, -0.2) is 0 Å². The molecule has 3 rings (SSSR count). The number of nitriles is 1. The van der Waals surface area contributed by atoms with Crippen LogP contribution in [-0.4, -0.2) is 37.4 Å². The maximum atomic E-state index is 11.8. The summed E-state index contributed by atoms with van der Waals surface area (Å²) in [5.41, 5.74) is 3.70. The van der Waals surface area contributed by atoms with E-state index >= 15 is 0 Å². The molecule has 0 radical (unpaired) electrons. The summed E-state index contributed by atoms with van der Waals surface area (Å²) in [6.45, 7) is 1.59. The average Bonchev–Trinajstić information content (AvgIpc) is 2.76. The number of hydrogen-bond donors (Lipinski definition) is 0. The minimum Gasteiger partial charge on any atom is -0.469 e. The highest BCUT2D eigenvalue weighted by molar-refractivity contribution is 5.69. The van der Waals surface area contributed by atoms with Crippen molar-refractivity contribution < 1.29 is 14.3 Å². The summed E-state index contributed by atoms with van der Waals surface area (Å²) in [6, 6.07) is 17.3. The zero-order valence-corrected chi connectivity index (χ0v) is 16.0. The summed E-state index contributed by atoms with van der Waals surface area (Å²) in [5, 5.41) is 8.91. The quantitative estimate of drug-likeness (QED) is 0.567. The molecule has 0 bridgehead atoms. The molecule has 5 nitrogen and oxygen atoms in total. The predicted molar refractivity (Wildman–Crippen MR) is 106 cm³/mol. The molecule has 5 heteroatoms. The van der Waals surface area contributed by atoms with Gasteiger partial charge in [0.15, 0.2) is 0 Å². The van der Waals surface area contributed by atoms with Crippen LogP contribution in [0.3, 0.4) is 0 Å². The number of aldehydes is 1. The van der Waals surface area contributed by atoms with Crippen molar-refractivity contribution in [1.82, 2.24) is 4.90 Å². The smallest absolute Gasteiger partial charge is 0.305 e. The Labute approximate surface area is 165 Å². The number of carbonyl (C=O) groups excluding carboxylic acids is 2. The zero-order chi connectivity index (χ0) is 19.9. The van der Waals surface area contributed by atoms with Crippen LogP contribution < -0.4 is 0 Å². The normalized spacial score (nSPS) is 16.1. The fourth-order valence-electron chi connectivity index (χ4n) is 3.74. The molecule has 1 heterocycles. The molecule has 0 amide bonds. The number of rotatable bonds is 6. The number of ether oxygens (including phenoxy) is 1. The molecule has 0 aliphatic carbocycles. The van der Waals surface area contributed by atoms with Crippen molar-refractivity contribution in [3.8, 4) is 17.2 Å². The van der Waals surface area contributed by atoms with Gasteiger partial charge in [-0.05, 0) is 60.7 Å². The van der Waals surface area contributed by atoms with Crippen molar-refractivity contribution in [2.75, 3.05) is 20.2 Å². The Morgan fingerprint density at radius 2 is 1.71 bits per heavy atom. The summed E-state index contributed by atoms with van der Waals surface area (Å²) < 4.78 is 4.75. The fourth-order valence-corrected chi connectivity index (χ4v) is 3.74. The molecule has 0 saturated carbocycles. The Bertz CT molecular complexity index is 845. The molecule has 2 aromatic carbocycles. The van der Waals surface area contributed by atoms with E-state index in [0.29, 0.717) is 17.9 Å². The van der Waals surface area contributed by atoms with Gasteiger partial charge in [0, 0.05) is 6.42 Å². The van der Waals surface area contributed by atoms with Gasteiger partial charge < -0.3 is 9.53 Å². The Hall–Kier alpha value is -2.97. The largest absolute Gasteiger partial charge is 0.469 e. The first kappa shape index (κ1) is 19.8. The van der Waals surface area contributed by atoms with Crippen LogP contribution >= 0.6 is 0 Å². The number of hydrogen-bond acceptors (Lipinski definition) is 5. The molecule has 1 saturated heterocycles. The van der Waals surface area contributed by atoms with Crippen LogP contribution in [0.25, 0.3) is 11.1 Å². The lowest BCUT2D eigenvalue weighted by Crippen LogP contribution is -2.38. The lowest BCUT2D eigenvalue weighted by Gasteiger charge is -2.35. The molecule has 28 heavy (non-hydrogen) atoms. The van der Waals surface area contributed by atoms with Gasteiger partial charge in [-0.2, -0.15) is 5.26 Å². The van der Waals surface area contributed by atoms with Crippen LogP contribution in [0, 0.1) is 17.2 Å². The van der Waals surface area contributed by atoms with Crippen molar-refractivity contribution >= 4 is 12.3 Å². The van der Waals surface area contributed by atoms with Crippen LogP contribution in [-0.2, 0) is 14.3 Å². The van der Waals surface area contributed by atoms with E-state index in [1.165, 1.54) is 7.11 Å². The molecule has 144 valence electrons. The predicted octanol–water partition coefficient (Wildman–Crippen LogP) is 3.74. The first-order chi connectivity index (χ1) is 13.6. The van der Waals surface area contributed by atoms with E-state index in [-0.39, 0.29) is 12.0 Å². The highest BCUT2D eigenvalue weighted by Crippen LogP contribution is 2.29. The SMILES string of the molecule is COC(=O)CC1CCN(C(C=O)c2ccc(-c3ccc(C#N)cc3)cc2)CC1. The van der Waals surface area contributed by atoms with E-state index in [1.54, 1.807) is 12.1 Å². The Morgan fingerprint density at radius 3 is 2.21 bits per heavy atom. The third kappa shape index (κ3) is 4.65. The van der Waals surface area contributed by atoms with Crippen LogP contribution in [0.2, 0.25) is 0 Å². The molecule has 1 fully saturated rings. The van der Waals surface area contributed by atoms with Crippen LogP contribution in [0.1, 0.15) is 36.4 Å². The number of benzene rings is 2. The third-order valence-corrected chi connectivity index (χ3v) is 5.45. The molecule has 0 aromatic heterocycles. The molecule has 1 aliphatic heterocycles. The van der Waals surface area contributed by atoms with Gasteiger partial charge in [-0.1, -0.05) is 36.4 Å². The van der Waals surface area contributed by atoms with Gasteiger partial charge in [0.05, 0.1) is 24.8 Å². The number of methoxy groups -OCH3 is 1. The highest BCUT2D eigenvalue weighted by Gasteiger charge is 2.27. The Balaban J connectivity index is 1.65. The number of nitrogens with zero attached hydrogens (tertiary/aromatic N) is 2. The van der Waals surface area contributed by atoms with Gasteiger partial charge >= 0.3 is 5.97 Å². The zero-order valence-electron chi connectivity index (χ0n) is 16.0. The van der Waals surface area contributed by atoms with Crippen molar-refractivity contribution in [1.29, 1.82) is 5.26 Å².